The highest BCUT2D eigenvalue weighted by Crippen LogP contribution is 2.05. The summed E-state index contributed by atoms with van der Waals surface area (Å²) in [6.07, 6.45) is 0. The van der Waals surface area contributed by atoms with Crippen LogP contribution in [0.5, 0.6) is 0 Å². The molecule has 0 bridgehead atoms. The van der Waals surface area contributed by atoms with Gasteiger partial charge in [-0.3, -0.25) is 0 Å². The van der Waals surface area contributed by atoms with Crippen molar-refractivity contribution >= 4 is 16.2 Å². The summed E-state index contributed by atoms with van der Waals surface area (Å²) in [6, 6.07) is 0. The average molecular weight is 164 g/mol. The number of aliphatic carboxylic acids is 1. The van der Waals surface area contributed by atoms with Crippen LogP contribution in [0.3, 0.4) is 0 Å². The monoisotopic (exact) mass is 164 g/mol. The first kappa shape index (κ1) is 12.3. The Morgan fingerprint density at radius 1 is 1.50 bits per heavy atom. The van der Waals surface area contributed by atoms with Gasteiger partial charge in [0.25, 0.3) is 0 Å². The predicted octanol–water partition coefficient (Wildman–Crippen LogP) is -0.104. The van der Waals surface area contributed by atoms with E-state index in [2.05, 4.69) is 11.3 Å². The van der Waals surface area contributed by atoms with E-state index in [1.807, 2.05) is 0 Å². The molecule has 0 aliphatic carbocycles. The molecule has 0 rings (SSSR count). The van der Waals surface area contributed by atoms with E-state index >= 15 is 0 Å². The van der Waals surface area contributed by atoms with Crippen LogP contribution in [-0.4, -0.2) is 34.0 Å². The van der Waals surface area contributed by atoms with Crippen LogP contribution < -0.4 is 0 Å². The Labute approximate surface area is 64.8 Å². The van der Waals surface area contributed by atoms with Crippen molar-refractivity contribution < 1.29 is 14.6 Å². The molecular formula is C6H16O3Si. The fourth-order valence-electron chi connectivity index (χ4n) is 0.0873. The molecule has 0 heterocycles. The summed E-state index contributed by atoms with van der Waals surface area (Å²) in [5, 5.41) is 8.32. The smallest absolute Gasteiger partial charge is 0.335 e. The number of carbonyl (C=O) groups is 1. The van der Waals surface area contributed by atoms with E-state index in [1.165, 1.54) is 31.2 Å². The van der Waals surface area contributed by atoms with Gasteiger partial charge >= 0.3 is 5.97 Å². The molecule has 0 aliphatic heterocycles. The molecule has 1 N–H and O–H groups in total. The Balaban J connectivity index is 0. The van der Waals surface area contributed by atoms with Crippen molar-refractivity contribution in [2.45, 2.75) is 26.0 Å². The highest BCUT2D eigenvalue weighted by Gasteiger charge is 2.25. The lowest BCUT2D eigenvalue weighted by Crippen LogP contribution is -2.33. The number of ether oxygens (including phenoxy) is 1. The van der Waals surface area contributed by atoms with Crippen molar-refractivity contribution in [2.24, 2.45) is 0 Å². The van der Waals surface area contributed by atoms with Crippen LogP contribution in [-0.2, 0) is 9.53 Å². The van der Waals surface area contributed by atoms with Gasteiger partial charge in [0, 0.05) is 7.11 Å². The van der Waals surface area contributed by atoms with Gasteiger partial charge in [-0.2, -0.15) is 0 Å². The Hall–Kier alpha value is -0.353. The van der Waals surface area contributed by atoms with E-state index in [4.69, 9.17) is 5.11 Å². The minimum Gasteiger partial charge on any atom is -0.479 e. The van der Waals surface area contributed by atoms with Gasteiger partial charge in [-0.1, -0.05) is 6.55 Å². The van der Waals surface area contributed by atoms with Gasteiger partial charge in [0.15, 0.2) is 5.60 Å². The van der Waals surface area contributed by atoms with E-state index in [9.17, 15) is 4.79 Å². The lowest BCUT2D eigenvalue weighted by molar-refractivity contribution is -0.157. The van der Waals surface area contributed by atoms with Crippen molar-refractivity contribution in [1.29, 1.82) is 0 Å². The van der Waals surface area contributed by atoms with Crippen LogP contribution in [0.4, 0.5) is 0 Å². The molecule has 0 aromatic carbocycles. The summed E-state index contributed by atoms with van der Waals surface area (Å²) in [7, 11) is 2.67. The molecule has 0 radical (unpaired) electrons. The van der Waals surface area contributed by atoms with Gasteiger partial charge in [0.2, 0.25) is 0 Å². The summed E-state index contributed by atoms with van der Waals surface area (Å²) in [5.74, 6) is -0.944. The number of rotatable bonds is 2. The van der Waals surface area contributed by atoms with Gasteiger partial charge in [-0.15, -0.1) is 0 Å². The first-order valence-corrected chi connectivity index (χ1v) is 5.29. The highest BCUT2D eigenvalue weighted by molar-refractivity contribution is 6.05. The highest BCUT2D eigenvalue weighted by atomic mass is 28.1. The SMILES string of the molecule is COC(C)(C)C(=O)O.C[SiH3]. The van der Waals surface area contributed by atoms with Gasteiger partial charge in [-0.05, 0) is 24.1 Å². The van der Waals surface area contributed by atoms with Crippen molar-refractivity contribution in [2.75, 3.05) is 7.11 Å². The minimum absolute atomic E-state index is 0.944. The molecule has 0 spiro atoms. The van der Waals surface area contributed by atoms with Gasteiger partial charge in [0.05, 0.1) is 0 Å². The first-order chi connectivity index (χ1) is 4.50. The molecular weight excluding hydrogens is 148 g/mol. The molecule has 0 aromatic heterocycles. The minimum atomic E-state index is -1.04. The van der Waals surface area contributed by atoms with Crippen molar-refractivity contribution in [1.82, 2.24) is 0 Å². The Bertz CT molecular complexity index is 101. The second-order valence-electron chi connectivity index (χ2n) is 2.02. The zero-order valence-electron chi connectivity index (χ0n) is 7.26. The molecule has 0 fully saturated rings. The summed E-state index contributed by atoms with van der Waals surface area (Å²) in [6.45, 7) is 5.13. The topological polar surface area (TPSA) is 46.5 Å². The number of carboxylic acids is 1. The molecule has 0 aliphatic rings. The Morgan fingerprint density at radius 3 is 1.80 bits per heavy atom. The first-order valence-electron chi connectivity index (χ1n) is 3.29. The maximum absolute atomic E-state index is 10.1. The number of hydrogen-bond acceptors (Lipinski definition) is 2. The molecule has 0 unspecified atom stereocenters. The van der Waals surface area contributed by atoms with Gasteiger partial charge < -0.3 is 9.84 Å². The van der Waals surface area contributed by atoms with Crippen molar-refractivity contribution in [3.63, 3.8) is 0 Å². The largest absolute Gasteiger partial charge is 0.479 e. The fourth-order valence-corrected chi connectivity index (χ4v) is 0.0873. The number of hydrogen-bond donors (Lipinski definition) is 1. The maximum Gasteiger partial charge on any atom is 0.335 e. The van der Waals surface area contributed by atoms with E-state index in [1.54, 1.807) is 0 Å². The Morgan fingerprint density at radius 2 is 1.80 bits per heavy atom. The second-order valence-corrected chi connectivity index (χ2v) is 2.02. The molecule has 0 aromatic rings. The van der Waals surface area contributed by atoms with Crippen LogP contribution in [0.2, 0.25) is 6.55 Å². The van der Waals surface area contributed by atoms with Crippen molar-refractivity contribution in [3.05, 3.63) is 0 Å². The summed E-state index contributed by atoms with van der Waals surface area (Å²) in [4.78, 5) is 10.1. The zero-order chi connectivity index (χ0) is 8.78. The summed E-state index contributed by atoms with van der Waals surface area (Å²) < 4.78 is 4.60. The summed E-state index contributed by atoms with van der Waals surface area (Å²) >= 11 is 0. The zero-order valence-corrected chi connectivity index (χ0v) is 9.26. The Kier molecular flexibility index (Phi) is 6.70. The third-order valence-corrected chi connectivity index (χ3v) is 1.03. The molecule has 0 amide bonds. The molecule has 10 heavy (non-hydrogen) atoms. The van der Waals surface area contributed by atoms with Crippen molar-refractivity contribution in [3.8, 4) is 0 Å². The standard InChI is InChI=1S/C5H10O3.CH6Si/c1-5(2,8-3)4(6)7;1-2/h1-3H3,(H,6,7);1-2H3. The van der Waals surface area contributed by atoms with Crippen LogP contribution in [0.15, 0.2) is 0 Å². The summed E-state index contributed by atoms with van der Waals surface area (Å²) in [5.41, 5.74) is -1.04. The molecule has 4 heteroatoms. The van der Waals surface area contributed by atoms with Crippen LogP contribution >= 0.6 is 0 Å². The number of carboxylic acid groups (broad SMARTS) is 1. The predicted molar refractivity (Wildman–Crippen MR) is 44.5 cm³/mol. The van der Waals surface area contributed by atoms with E-state index < -0.39 is 11.6 Å². The third-order valence-electron chi connectivity index (χ3n) is 1.03. The quantitative estimate of drug-likeness (QED) is 0.580. The molecule has 0 atom stereocenters. The van der Waals surface area contributed by atoms with Crippen LogP contribution in [0.1, 0.15) is 13.8 Å². The number of methoxy groups -OCH3 is 1. The van der Waals surface area contributed by atoms with Crippen LogP contribution in [0, 0.1) is 0 Å². The molecule has 0 saturated carbocycles. The van der Waals surface area contributed by atoms with Crippen LogP contribution in [0.25, 0.3) is 0 Å². The lowest BCUT2D eigenvalue weighted by Gasteiger charge is -2.15. The normalized spacial score (nSPS) is 10.0. The van der Waals surface area contributed by atoms with E-state index in [0.717, 1.165) is 0 Å². The third kappa shape index (κ3) is 4.52. The second kappa shape index (κ2) is 5.43. The van der Waals surface area contributed by atoms with Gasteiger partial charge in [-0.25, -0.2) is 4.79 Å². The fraction of sp³-hybridized carbons (Fsp3) is 0.833. The van der Waals surface area contributed by atoms with E-state index in [0.29, 0.717) is 0 Å². The average Bonchev–Trinajstić information content (AvgIpc) is 1.92. The molecule has 62 valence electrons. The lowest BCUT2D eigenvalue weighted by atomic mass is 10.1. The van der Waals surface area contributed by atoms with Gasteiger partial charge in [0.1, 0.15) is 0 Å². The molecule has 0 saturated heterocycles. The molecule has 3 nitrogen and oxygen atoms in total. The van der Waals surface area contributed by atoms with E-state index in [-0.39, 0.29) is 0 Å². The maximum atomic E-state index is 10.1.